The van der Waals surface area contributed by atoms with Crippen molar-refractivity contribution in [3.63, 3.8) is 0 Å². The molecule has 0 saturated carbocycles. The zero-order valence-corrected chi connectivity index (χ0v) is 11.1. The average Bonchev–Trinajstić information content (AvgIpc) is 2.63. The third-order valence-electron chi connectivity index (χ3n) is 2.16. The van der Waals surface area contributed by atoms with Crippen LogP contribution in [0.3, 0.4) is 0 Å². The largest absolute Gasteiger partial charge is 0.436 e. The predicted octanol–water partition coefficient (Wildman–Crippen LogP) is 3.25. The molecule has 94 valence electrons. The molecule has 7 heteroatoms. The van der Waals surface area contributed by atoms with Crippen LogP contribution in [-0.2, 0) is 0 Å². The summed E-state index contributed by atoms with van der Waals surface area (Å²) >= 11 is 11.5. The van der Waals surface area contributed by atoms with Crippen LogP contribution in [0.4, 0.5) is 5.82 Å². The lowest BCUT2D eigenvalue weighted by atomic mass is 10.3. The molecule has 2 heterocycles. The van der Waals surface area contributed by atoms with Gasteiger partial charge in [0.2, 0.25) is 5.76 Å². The molecular weight excluding hydrogens is 277 g/mol. The molecule has 1 N–H and O–H groups in total. The van der Waals surface area contributed by atoms with Crippen molar-refractivity contribution in [1.29, 1.82) is 0 Å². The van der Waals surface area contributed by atoms with Crippen molar-refractivity contribution in [3.05, 3.63) is 39.7 Å². The van der Waals surface area contributed by atoms with Crippen LogP contribution in [0, 0.1) is 13.8 Å². The topological polar surface area (TPSA) is 68.0 Å². The Labute approximate surface area is 113 Å². The number of aromatic nitrogens is 2. The van der Waals surface area contributed by atoms with Crippen LogP contribution in [0.1, 0.15) is 22.1 Å². The van der Waals surface area contributed by atoms with Gasteiger partial charge in [0, 0.05) is 19.2 Å². The smallest absolute Gasteiger partial charge is 0.294 e. The zero-order chi connectivity index (χ0) is 13.3. The van der Waals surface area contributed by atoms with Gasteiger partial charge in [0.05, 0.1) is 15.7 Å². The lowest BCUT2D eigenvalue weighted by Crippen LogP contribution is -2.13. The highest BCUT2D eigenvalue weighted by Gasteiger charge is 2.16. The van der Waals surface area contributed by atoms with E-state index in [4.69, 9.17) is 27.6 Å². The monoisotopic (exact) mass is 285 g/mol. The van der Waals surface area contributed by atoms with Crippen molar-refractivity contribution < 1.29 is 9.21 Å². The van der Waals surface area contributed by atoms with E-state index < -0.39 is 5.91 Å². The quantitative estimate of drug-likeness (QED) is 0.920. The molecule has 0 aliphatic rings. The van der Waals surface area contributed by atoms with Crippen LogP contribution in [0.5, 0.6) is 0 Å². The first kappa shape index (κ1) is 12.9. The van der Waals surface area contributed by atoms with Crippen molar-refractivity contribution >= 4 is 34.9 Å². The highest BCUT2D eigenvalue weighted by Crippen LogP contribution is 2.23. The zero-order valence-electron chi connectivity index (χ0n) is 9.62. The molecule has 1 amide bonds. The van der Waals surface area contributed by atoms with Gasteiger partial charge < -0.3 is 9.73 Å². The molecule has 0 aliphatic heterocycles. The molecule has 5 nitrogen and oxygen atoms in total. The second kappa shape index (κ2) is 4.96. The number of carbonyl (C=O) groups excluding carboxylic acids is 1. The first-order valence-corrected chi connectivity index (χ1v) is 5.79. The molecule has 0 spiro atoms. The van der Waals surface area contributed by atoms with Gasteiger partial charge >= 0.3 is 0 Å². The van der Waals surface area contributed by atoms with Crippen molar-refractivity contribution in [2.75, 3.05) is 5.32 Å². The fourth-order valence-electron chi connectivity index (χ4n) is 1.40. The van der Waals surface area contributed by atoms with Gasteiger partial charge in [0.1, 0.15) is 5.82 Å². The Morgan fingerprint density at radius 2 is 2.06 bits per heavy atom. The molecule has 0 radical (unpaired) electrons. The number of carbonyl (C=O) groups is 1. The molecule has 0 saturated heterocycles. The van der Waals surface area contributed by atoms with E-state index in [2.05, 4.69) is 15.3 Å². The van der Waals surface area contributed by atoms with Crippen LogP contribution in [0.15, 0.2) is 16.7 Å². The summed E-state index contributed by atoms with van der Waals surface area (Å²) in [6.45, 7) is 3.36. The summed E-state index contributed by atoms with van der Waals surface area (Å²) in [6, 6.07) is 1.46. The first-order valence-electron chi connectivity index (χ1n) is 5.04. The summed E-state index contributed by atoms with van der Waals surface area (Å²) in [5.41, 5.74) is 0.519. The van der Waals surface area contributed by atoms with E-state index in [1.807, 2.05) is 0 Å². The minimum atomic E-state index is -0.431. The Bertz CT molecular complexity index is 610. The molecule has 2 aromatic heterocycles. The Balaban J connectivity index is 2.21. The predicted molar refractivity (Wildman–Crippen MR) is 68.2 cm³/mol. The van der Waals surface area contributed by atoms with E-state index in [1.165, 1.54) is 12.3 Å². The third-order valence-corrected chi connectivity index (χ3v) is 2.87. The normalized spacial score (nSPS) is 10.4. The van der Waals surface area contributed by atoms with Crippen LogP contribution in [0.25, 0.3) is 0 Å². The number of halogens is 2. The second-order valence-electron chi connectivity index (χ2n) is 3.59. The van der Waals surface area contributed by atoms with Gasteiger partial charge in [-0.1, -0.05) is 23.2 Å². The van der Waals surface area contributed by atoms with Crippen LogP contribution < -0.4 is 5.32 Å². The maximum absolute atomic E-state index is 11.9. The molecule has 0 aromatic carbocycles. The first-order chi connectivity index (χ1) is 8.47. The Kier molecular flexibility index (Phi) is 3.54. The Morgan fingerprint density at radius 1 is 1.33 bits per heavy atom. The van der Waals surface area contributed by atoms with Gasteiger partial charge in [-0.3, -0.25) is 4.79 Å². The fraction of sp³-hybridized carbons (Fsp3) is 0.182. The molecule has 0 unspecified atom stereocenters. The maximum atomic E-state index is 11.9. The van der Waals surface area contributed by atoms with Crippen molar-refractivity contribution in [3.8, 4) is 0 Å². The summed E-state index contributed by atoms with van der Waals surface area (Å²) in [7, 11) is 0. The van der Waals surface area contributed by atoms with E-state index in [-0.39, 0.29) is 5.76 Å². The van der Waals surface area contributed by atoms with Gasteiger partial charge in [-0.05, 0) is 6.92 Å². The molecule has 0 aliphatic carbocycles. The van der Waals surface area contributed by atoms with E-state index in [0.29, 0.717) is 27.4 Å². The molecule has 0 atom stereocenters. The number of rotatable bonds is 2. The summed E-state index contributed by atoms with van der Waals surface area (Å²) in [6.07, 6.45) is 1.36. The summed E-state index contributed by atoms with van der Waals surface area (Å²) in [4.78, 5) is 19.8. The van der Waals surface area contributed by atoms with E-state index >= 15 is 0 Å². The standard InChI is InChI=1S/C11H9Cl2N3O2/c1-5-10(18-6(2)15-5)11(17)16-9-3-7(12)8(13)4-14-9/h3-4H,1-2H3,(H,14,16,17). The summed E-state index contributed by atoms with van der Waals surface area (Å²) < 4.78 is 5.19. The lowest BCUT2D eigenvalue weighted by molar-refractivity contribution is 0.0994. The molecule has 0 fully saturated rings. The minimum absolute atomic E-state index is 0.153. The molecule has 18 heavy (non-hydrogen) atoms. The molecule has 0 bridgehead atoms. The van der Waals surface area contributed by atoms with Gasteiger partial charge in [0.15, 0.2) is 5.89 Å². The highest BCUT2D eigenvalue weighted by molar-refractivity contribution is 6.42. The number of nitrogens with one attached hydrogen (secondary N) is 1. The maximum Gasteiger partial charge on any atom is 0.294 e. The third kappa shape index (κ3) is 2.63. The summed E-state index contributed by atoms with van der Waals surface area (Å²) in [5.74, 6) is 0.446. The minimum Gasteiger partial charge on any atom is -0.436 e. The van der Waals surface area contributed by atoms with Gasteiger partial charge in [-0.25, -0.2) is 9.97 Å². The van der Waals surface area contributed by atoms with Crippen LogP contribution in [0.2, 0.25) is 10.0 Å². The number of anilines is 1. The number of hydrogen-bond acceptors (Lipinski definition) is 4. The lowest BCUT2D eigenvalue weighted by Gasteiger charge is -2.03. The second-order valence-corrected chi connectivity index (χ2v) is 4.40. The van der Waals surface area contributed by atoms with Crippen molar-refractivity contribution in [1.82, 2.24) is 9.97 Å². The number of aryl methyl sites for hydroxylation is 2. The molecule has 2 aromatic rings. The Morgan fingerprint density at radius 3 is 2.61 bits per heavy atom. The van der Waals surface area contributed by atoms with Gasteiger partial charge in [-0.15, -0.1) is 0 Å². The van der Waals surface area contributed by atoms with Gasteiger partial charge in [-0.2, -0.15) is 0 Å². The average molecular weight is 286 g/mol. The van der Waals surface area contributed by atoms with Crippen molar-refractivity contribution in [2.24, 2.45) is 0 Å². The van der Waals surface area contributed by atoms with E-state index in [1.54, 1.807) is 13.8 Å². The number of amides is 1. The number of pyridine rings is 1. The Hall–Kier alpha value is -1.59. The highest BCUT2D eigenvalue weighted by atomic mass is 35.5. The van der Waals surface area contributed by atoms with Crippen LogP contribution >= 0.6 is 23.2 Å². The van der Waals surface area contributed by atoms with Crippen LogP contribution in [-0.4, -0.2) is 15.9 Å². The summed E-state index contributed by atoms with van der Waals surface area (Å²) in [5, 5.41) is 3.19. The van der Waals surface area contributed by atoms with E-state index in [0.717, 1.165) is 0 Å². The van der Waals surface area contributed by atoms with Gasteiger partial charge in [0.25, 0.3) is 5.91 Å². The number of hydrogen-bond donors (Lipinski definition) is 1. The number of oxazole rings is 1. The SMILES string of the molecule is Cc1nc(C)c(C(=O)Nc2cc(Cl)c(Cl)cn2)o1. The van der Waals surface area contributed by atoms with E-state index in [9.17, 15) is 4.79 Å². The molecule has 2 rings (SSSR count). The fourth-order valence-corrected chi connectivity index (χ4v) is 1.65. The number of nitrogens with zero attached hydrogens (tertiary/aromatic N) is 2. The van der Waals surface area contributed by atoms with Crippen molar-refractivity contribution in [2.45, 2.75) is 13.8 Å². The molecular formula is C11H9Cl2N3O2.